The maximum absolute atomic E-state index is 12.9. The Bertz CT molecular complexity index is 2490. The van der Waals surface area contributed by atoms with E-state index in [0.717, 1.165) is 161 Å². The van der Waals surface area contributed by atoms with Gasteiger partial charge in [-0.2, -0.15) is 0 Å². The van der Waals surface area contributed by atoms with Crippen LogP contribution in [0.1, 0.15) is 329 Å². The fourth-order valence-corrected chi connectivity index (χ4v) is 12.4. The van der Waals surface area contributed by atoms with Gasteiger partial charge in [0.05, 0.1) is 26.4 Å². The Hall–Kier alpha value is -4.57. The van der Waals surface area contributed by atoms with E-state index in [9.17, 15) is 43.5 Å². The van der Waals surface area contributed by atoms with Crippen LogP contribution in [0.4, 0.5) is 0 Å². The average molecular weight is 1510 g/mol. The minimum Gasteiger partial charge on any atom is -0.463 e. The highest BCUT2D eigenvalue weighted by molar-refractivity contribution is 7.47. The second-order valence-corrected chi connectivity index (χ2v) is 30.1. The summed E-state index contributed by atoms with van der Waals surface area (Å²) in [4.78, 5) is 58.6. The minimum atomic E-state index is -4.94. The number of carbonyl (C=O) groups excluding carboxylic acids is 3. The van der Waals surface area contributed by atoms with Crippen molar-refractivity contribution < 1.29 is 75.8 Å². The molecule has 0 amide bonds. The van der Waals surface area contributed by atoms with Gasteiger partial charge in [-0.05, 0) is 141 Å². The van der Waals surface area contributed by atoms with Gasteiger partial charge in [0.15, 0.2) is 6.10 Å². The Balaban J connectivity index is 4.41. The number of unbranched alkanes of at least 4 members (excludes halogenated alkanes) is 30. The molecular weight excluding hydrogens is 1360 g/mol. The summed E-state index contributed by atoms with van der Waals surface area (Å²) in [5, 5.41) is 20.6. The predicted molar refractivity (Wildman–Crippen MR) is 436 cm³/mol. The lowest BCUT2D eigenvalue weighted by Crippen LogP contribution is -2.30. The standard InChI is InChI=1S/C87H148O16P2/c1-4-7-10-13-16-19-22-25-27-29-31-33-34-35-36-37-38-39-40-41-42-43-44-45-46-48-50-51-53-56-58-61-64-67-70-73-85(90)97-76-82(88)77-99-104(93,94)100-78-83(89)79-101-105(95,96)102-81-84(103-87(92)75-72-69-66-63-60-55-24-21-18-15-12-9-6-3)80-98-86(91)74-71-68-65-62-59-57-54-52-49-47-32-30-28-26-23-20-17-14-11-8-5-2/h7-8,10-11,16-17,19-21,24-28,31-33,35-36,38-39,47,52,54,82-84,88-89H,4-6,9,12-15,18,22-23,29-30,34,37,40-46,48-51,53,55-81H2,1-3H3,(H,93,94)(H,95,96)/b10-7-,11-8-,19-16-,20-17-,24-21-,27-25-,28-26-,33-31-,36-35-,39-38-,47-32-,54-52-. The Labute approximate surface area is 638 Å². The molecule has 0 aromatic carbocycles. The van der Waals surface area contributed by atoms with Crippen LogP contribution in [0.5, 0.6) is 0 Å². The molecule has 18 heteroatoms. The van der Waals surface area contributed by atoms with Crippen molar-refractivity contribution >= 4 is 33.6 Å². The molecule has 0 fully saturated rings. The second-order valence-electron chi connectivity index (χ2n) is 27.2. The van der Waals surface area contributed by atoms with Crippen LogP contribution < -0.4 is 0 Å². The Morgan fingerprint density at radius 1 is 0.276 bits per heavy atom. The average Bonchev–Trinajstić information content (AvgIpc) is 1.03. The summed E-state index contributed by atoms with van der Waals surface area (Å²) >= 11 is 0. The lowest BCUT2D eigenvalue weighted by atomic mass is 10.0. The Morgan fingerprint density at radius 3 is 0.810 bits per heavy atom. The van der Waals surface area contributed by atoms with Gasteiger partial charge in [-0.3, -0.25) is 32.5 Å². The molecule has 0 spiro atoms. The van der Waals surface area contributed by atoms with Gasteiger partial charge in [-0.15, -0.1) is 0 Å². The van der Waals surface area contributed by atoms with Crippen molar-refractivity contribution in [3.63, 3.8) is 0 Å². The van der Waals surface area contributed by atoms with Crippen molar-refractivity contribution in [1.29, 1.82) is 0 Å². The van der Waals surface area contributed by atoms with Crippen molar-refractivity contribution in [2.24, 2.45) is 0 Å². The molecule has 0 bridgehead atoms. The summed E-state index contributed by atoms with van der Waals surface area (Å²) in [6.45, 7) is 2.42. The van der Waals surface area contributed by atoms with Gasteiger partial charge in [0, 0.05) is 19.3 Å². The summed E-state index contributed by atoms with van der Waals surface area (Å²) in [5.41, 5.74) is 0. The zero-order valence-electron chi connectivity index (χ0n) is 65.9. The number of rotatable bonds is 77. The van der Waals surface area contributed by atoms with Crippen LogP contribution in [0.25, 0.3) is 0 Å². The molecule has 4 N–H and O–H groups in total. The highest BCUT2D eigenvalue weighted by Gasteiger charge is 2.29. The molecule has 0 aromatic heterocycles. The summed E-state index contributed by atoms with van der Waals surface area (Å²) in [6, 6.07) is 0. The Morgan fingerprint density at radius 2 is 0.505 bits per heavy atom. The van der Waals surface area contributed by atoms with Crippen LogP contribution >= 0.6 is 15.6 Å². The highest BCUT2D eigenvalue weighted by atomic mass is 31.2. The van der Waals surface area contributed by atoms with Crippen LogP contribution in [-0.4, -0.2) is 95.9 Å². The highest BCUT2D eigenvalue weighted by Crippen LogP contribution is 2.45. The van der Waals surface area contributed by atoms with Gasteiger partial charge < -0.3 is 34.2 Å². The molecule has 16 nitrogen and oxygen atoms in total. The SMILES string of the molecule is CC/C=C\C/C=C\C/C=C\C/C=C\C/C=C\C/C=C\CCCCCCCCCCCCCCCCCCC(=O)OCC(O)COP(=O)(O)OCC(O)COP(=O)(O)OCC(COC(=O)CCCCCCC/C=C\C/C=C\C/C=C\C/C=C\C/C=C\CC)OC(=O)CCCCCCC/C=C\CCCCCC. The fourth-order valence-electron chi connectivity index (χ4n) is 10.8. The third-order valence-electron chi connectivity index (χ3n) is 17.0. The van der Waals surface area contributed by atoms with E-state index in [1.165, 1.54) is 109 Å². The molecule has 0 aromatic rings. The molecule has 0 aliphatic rings. The third kappa shape index (κ3) is 80.3. The van der Waals surface area contributed by atoms with Gasteiger partial charge in [-0.25, -0.2) is 9.13 Å². The predicted octanol–water partition coefficient (Wildman–Crippen LogP) is 24.4. The zero-order chi connectivity index (χ0) is 76.6. The van der Waals surface area contributed by atoms with Gasteiger partial charge in [0.2, 0.25) is 0 Å². The van der Waals surface area contributed by atoms with Gasteiger partial charge in [-0.1, -0.05) is 314 Å². The molecule has 602 valence electrons. The summed E-state index contributed by atoms with van der Waals surface area (Å²) < 4.78 is 61.1. The van der Waals surface area contributed by atoms with E-state index < -0.39 is 91.5 Å². The molecule has 0 radical (unpaired) electrons. The van der Waals surface area contributed by atoms with Crippen LogP contribution in [0.3, 0.4) is 0 Å². The molecule has 0 aliphatic heterocycles. The number of aliphatic hydroxyl groups is 2. The number of ether oxygens (including phenoxy) is 3. The number of hydrogen-bond donors (Lipinski definition) is 4. The normalized spacial score (nSPS) is 14.7. The number of aliphatic hydroxyl groups excluding tert-OH is 2. The maximum Gasteiger partial charge on any atom is 0.472 e. The molecule has 5 atom stereocenters. The second kappa shape index (κ2) is 79.0. The van der Waals surface area contributed by atoms with E-state index in [1.54, 1.807) is 0 Å². The lowest BCUT2D eigenvalue weighted by Gasteiger charge is -2.21. The topological polar surface area (TPSA) is 231 Å². The number of phosphoric acid groups is 2. The number of phosphoric ester groups is 2. The van der Waals surface area contributed by atoms with Gasteiger partial charge in [0.1, 0.15) is 25.4 Å². The zero-order valence-corrected chi connectivity index (χ0v) is 67.6. The molecule has 0 heterocycles. The number of allylic oxidation sites excluding steroid dienone is 24. The van der Waals surface area contributed by atoms with Gasteiger partial charge >= 0.3 is 33.6 Å². The van der Waals surface area contributed by atoms with Crippen molar-refractivity contribution in [3.8, 4) is 0 Å². The lowest BCUT2D eigenvalue weighted by molar-refractivity contribution is -0.161. The fraction of sp³-hybridized carbons (Fsp3) is 0.690. The largest absolute Gasteiger partial charge is 0.472 e. The molecule has 0 rings (SSSR count). The first kappa shape index (κ1) is 100. The van der Waals surface area contributed by atoms with E-state index in [0.29, 0.717) is 19.3 Å². The summed E-state index contributed by atoms with van der Waals surface area (Å²) in [6.07, 6.45) is 97.7. The first-order chi connectivity index (χ1) is 51.2. The van der Waals surface area contributed by atoms with Crippen molar-refractivity contribution in [2.75, 3.05) is 39.6 Å². The van der Waals surface area contributed by atoms with Gasteiger partial charge in [0.25, 0.3) is 0 Å². The number of hydrogen-bond acceptors (Lipinski definition) is 14. The molecular formula is C87H148O16P2. The molecule has 105 heavy (non-hydrogen) atoms. The van der Waals surface area contributed by atoms with Crippen LogP contribution in [-0.2, 0) is 55.8 Å². The van der Waals surface area contributed by atoms with Crippen molar-refractivity contribution in [3.05, 3.63) is 146 Å². The van der Waals surface area contributed by atoms with E-state index in [4.69, 9.17) is 32.3 Å². The molecule has 5 unspecified atom stereocenters. The number of esters is 3. The third-order valence-corrected chi connectivity index (χ3v) is 18.9. The van der Waals surface area contributed by atoms with Crippen LogP contribution in [0.15, 0.2) is 146 Å². The molecule has 0 saturated carbocycles. The maximum atomic E-state index is 12.9. The molecule has 0 aliphatic carbocycles. The molecule has 0 saturated heterocycles. The minimum absolute atomic E-state index is 0.0877. The smallest absolute Gasteiger partial charge is 0.463 e. The first-order valence-electron chi connectivity index (χ1n) is 41.1. The van der Waals surface area contributed by atoms with E-state index in [1.807, 2.05) is 0 Å². The monoisotopic (exact) mass is 1510 g/mol. The van der Waals surface area contributed by atoms with E-state index in [2.05, 4.69) is 167 Å². The Kier molecular flexibility index (Phi) is 75.6. The summed E-state index contributed by atoms with van der Waals surface area (Å²) in [5.74, 6) is -1.60. The van der Waals surface area contributed by atoms with Crippen LogP contribution in [0, 0.1) is 0 Å². The van der Waals surface area contributed by atoms with E-state index in [-0.39, 0.29) is 19.3 Å². The number of carbonyl (C=O) groups is 3. The van der Waals surface area contributed by atoms with E-state index >= 15 is 0 Å². The first-order valence-corrected chi connectivity index (χ1v) is 44.1. The quantitative estimate of drug-likeness (QED) is 0.0146. The van der Waals surface area contributed by atoms with Crippen LogP contribution in [0.2, 0.25) is 0 Å². The summed E-state index contributed by atoms with van der Waals surface area (Å²) in [7, 11) is -9.80. The van der Waals surface area contributed by atoms with Crippen molar-refractivity contribution in [2.45, 2.75) is 347 Å². The van der Waals surface area contributed by atoms with Crippen molar-refractivity contribution in [1.82, 2.24) is 0 Å².